The second-order valence-corrected chi connectivity index (χ2v) is 4.70. The standard InChI is InChI=1S/C14H15N3O3/c1-14(2,13-16-12(9-18-3)17-20-13)19-11-6-4-10(8-15)5-7-11/h4-7H,9H2,1-3H3. The maximum Gasteiger partial charge on any atom is 0.270 e. The summed E-state index contributed by atoms with van der Waals surface area (Å²) in [6.45, 7) is 3.95. The molecule has 0 bridgehead atoms. The van der Waals surface area contributed by atoms with E-state index in [1.165, 1.54) is 0 Å². The smallest absolute Gasteiger partial charge is 0.270 e. The van der Waals surface area contributed by atoms with E-state index in [9.17, 15) is 0 Å². The summed E-state index contributed by atoms with van der Waals surface area (Å²) in [7, 11) is 1.56. The van der Waals surface area contributed by atoms with E-state index in [1.807, 2.05) is 13.8 Å². The van der Waals surface area contributed by atoms with E-state index in [0.717, 1.165) is 0 Å². The highest BCUT2D eigenvalue weighted by Gasteiger charge is 2.30. The van der Waals surface area contributed by atoms with E-state index >= 15 is 0 Å². The first kappa shape index (κ1) is 14.0. The Kier molecular flexibility index (Phi) is 4.01. The summed E-state index contributed by atoms with van der Waals surface area (Å²) in [6, 6.07) is 8.89. The lowest BCUT2D eigenvalue weighted by Crippen LogP contribution is -2.25. The normalized spacial score (nSPS) is 11.1. The van der Waals surface area contributed by atoms with Crippen molar-refractivity contribution >= 4 is 0 Å². The zero-order chi connectivity index (χ0) is 14.6. The van der Waals surface area contributed by atoms with Crippen molar-refractivity contribution < 1.29 is 14.0 Å². The van der Waals surface area contributed by atoms with Gasteiger partial charge in [-0.15, -0.1) is 0 Å². The lowest BCUT2D eigenvalue weighted by Gasteiger charge is -2.22. The predicted molar refractivity (Wildman–Crippen MR) is 69.8 cm³/mol. The lowest BCUT2D eigenvalue weighted by molar-refractivity contribution is 0.0691. The molecule has 0 saturated carbocycles. The second kappa shape index (κ2) is 5.72. The van der Waals surface area contributed by atoms with Crippen molar-refractivity contribution in [3.05, 3.63) is 41.5 Å². The average molecular weight is 273 g/mol. The maximum atomic E-state index is 8.76. The monoisotopic (exact) mass is 273 g/mol. The Morgan fingerprint density at radius 3 is 2.60 bits per heavy atom. The van der Waals surface area contributed by atoms with Crippen LogP contribution in [0.1, 0.15) is 31.1 Å². The van der Waals surface area contributed by atoms with Gasteiger partial charge < -0.3 is 14.0 Å². The summed E-state index contributed by atoms with van der Waals surface area (Å²) in [5, 5.41) is 12.6. The Hall–Kier alpha value is -2.39. The molecule has 6 heteroatoms. The minimum Gasteiger partial charge on any atom is -0.478 e. The summed E-state index contributed by atoms with van der Waals surface area (Å²) in [4.78, 5) is 4.22. The molecule has 20 heavy (non-hydrogen) atoms. The van der Waals surface area contributed by atoms with Gasteiger partial charge in [-0.25, -0.2) is 0 Å². The van der Waals surface area contributed by atoms with E-state index in [1.54, 1.807) is 31.4 Å². The molecule has 6 nitrogen and oxygen atoms in total. The molecule has 2 rings (SSSR count). The first-order valence-electron chi connectivity index (χ1n) is 6.06. The largest absolute Gasteiger partial charge is 0.478 e. The van der Waals surface area contributed by atoms with Gasteiger partial charge in [-0.2, -0.15) is 10.2 Å². The molecule has 0 atom stereocenters. The van der Waals surface area contributed by atoms with Crippen LogP contribution < -0.4 is 4.74 Å². The zero-order valence-electron chi connectivity index (χ0n) is 11.6. The number of nitriles is 1. The molecule has 0 N–H and O–H groups in total. The number of hydrogen-bond donors (Lipinski definition) is 0. The van der Waals surface area contributed by atoms with Crippen LogP contribution in [0.25, 0.3) is 0 Å². The van der Waals surface area contributed by atoms with Crippen LogP contribution in [0.2, 0.25) is 0 Å². The maximum absolute atomic E-state index is 8.76. The fraction of sp³-hybridized carbons (Fsp3) is 0.357. The quantitative estimate of drug-likeness (QED) is 0.832. The van der Waals surface area contributed by atoms with Crippen molar-refractivity contribution in [3.63, 3.8) is 0 Å². The van der Waals surface area contributed by atoms with Gasteiger partial charge in [0, 0.05) is 7.11 Å². The van der Waals surface area contributed by atoms with Gasteiger partial charge in [0.05, 0.1) is 11.6 Å². The highest BCUT2D eigenvalue weighted by molar-refractivity contribution is 5.34. The predicted octanol–water partition coefficient (Wildman–Crippen LogP) is 2.40. The number of methoxy groups -OCH3 is 1. The van der Waals surface area contributed by atoms with Crippen molar-refractivity contribution in [3.8, 4) is 11.8 Å². The second-order valence-electron chi connectivity index (χ2n) is 4.70. The van der Waals surface area contributed by atoms with Crippen molar-refractivity contribution in [2.45, 2.75) is 26.1 Å². The molecule has 0 fully saturated rings. The fourth-order valence-corrected chi connectivity index (χ4v) is 1.62. The van der Waals surface area contributed by atoms with Crippen molar-refractivity contribution in [2.24, 2.45) is 0 Å². The molecule has 0 radical (unpaired) electrons. The van der Waals surface area contributed by atoms with Crippen LogP contribution in [0.4, 0.5) is 0 Å². The van der Waals surface area contributed by atoms with Gasteiger partial charge in [-0.05, 0) is 38.1 Å². The number of hydrogen-bond acceptors (Lipinski definition) is 6. The van der Waals surface area contributed by atoms with E-state index in [4.69, 9.17) is 19.3 Å². The van der Waals surface area contributed by atoms with Crippen LogP contribution in [0.5, 0.6) is 5.75 Å². The van der Waals surface area contributed by atoms with Gasteiger partial charge >= 0.3 is 0 Å². The van der Waals surface area contributed by atoms with Gasteiger partial charge in [0.1, 0.15) is 12.4 Å². The Morgan fingerprint density at radius 2 is 2.00 bits per heavy atom. The average Bonchev–Trinajstić information content (AvgIpc) is 2.89. The molecule has 2 aromatic rings. The van der Waals surface area contributed by atoms with E-state index in [2.05, 4.69) is 16.2 Å². The first-order chi connectivity index (χ1) is 9.55. The molecule has 1 aromatic carbocycles. The molecule has 0 spiro atoms. The van der Waals surface area contributed by atoms with Gasteiger partial charge in [0.2, 0.25) is 0 Å². The highest BCUT2D eigenvalue weighted by atomic mass is 16.5. The molecule has 0 amide bonds. The van der Waals surface area contributed by atoms with Crippen LogP contribution in [0.3, 0.4) is 0 Å². The van der Waals surface area contributed by atoms with Crippen LogP contribution in [0.15, 0.2) is 28.8 Å². The zero-order valence-corrected chi connectivity index (χ0v) is 11.6. The van der Waals surface area contributed by atoms with E-state index in [0.29, 0.717) is 23.0 Å². The molecule has 0 saturated heterocycles. The van der Waals surface area contributed by atoms with E-state index in [-0.39, 0.29) is 6.61 Å². The Morgan fingerprint density at radius 1 is 1.30 bits per heavy atom. The van der Waals surface area contributed by atoms with E-state index < -0.39 is 5.60 Å². The van der Waals surface area contributed by atoms with Crippen LogP contribution in [-0.2, 0) is 16.9 Å². The summed E-state index contributed by atoms with van der Waals surface area (Å²) in [6.07, 6.45) is 0. The van der Waals surface area contributed by atoms with Gasteiger partial charge in [-0.3, -0.25) is 0 Å². The molecule has 1 aromatic heterocycles. The summed E-state index contributed by atoms with van der Waals surface area (Å²) in [5.74, 6) is 1.47. The third kappa shape index (κ3) is 3.13. The number of aromatic nitrogens is 2. The SMILES string of the molecule is COCc1noc(C(C)(C)Oc2ccc(C#N)cc2)n1. The molecular weight excluding hydrogens is 258 g/mol. The molecule has 1 heterocycles. The summed E-state index contributed by atoms with van der Waals surface area (Å²) in [5.41, 5.74) is -0.192. The minimum atomic E-state index is -0.771. The number of ether oxygens (including phenoxy) is 2. The van der Waals surface area contributed by atoms with Crippen LogP contribution in [-0.4, -0.2) is 17.3 Å². The Bertz CT molecular complexity index is 611. The minimum absolute atomic E-state index is 0.288. The van der Waals surface area contributed by atoms with Crippen LogP contribution >= 0.6 is 0 Å². The van der Waals surface area contributed by atoms with Crippen molar-refractivity contribution in [1.82, 2.24) is 10.1 Å². The number of nitrogens with zero attached hydrogens (tertiary/aromatic N) is 3. The third-order valence-corrected chi connectivity index (χ3v) is 2.61. The summed E-state index contributed by atoms with van der Waals surface area (Å²) < 4.78 is 16.0. The molecule has 104 valence electrons. The summed E-state index contributed by atoms with van der Waals surface area (Å²) >= 11 is 0. The Labute approximate surface area is 116 Å². The highest BCUT2D eigenvalue weighted by Crippen LogP contribution is 2.26. The molecular formula is C14H15N3O3. The first-order valence-corrected chi connectivity index (χ1v) is 6.06. The molecule has 0 unspecified atom stereocenters. The van der Waals surface area contributed by atoms with Crippen molar-refractivity contribution in [1.29, 1.82) is 5.26 Å². The number of rotatable bonds is 5. The topological polar surface area (TPSA) is 81.2 Å². The Balaban J connectivity index is 2.14. The number of benzene rings is 1. The third-order valence-electron chi connectivity index (χ3n) is 2.61. The molecule has 0 aliphatic rings. The van der Waals surface area contributed by atoms with Gasteiger partial charge in [-0.1, -0.05) is 5.16 Å². The lowest BCUT2D eigenvalue weighted by atomic mass is 10.1. The van der Waals surface area contributed by atoms with Crippen molar-refractivity contribution in [2.75, 3.05) is 7.11 Å². The molecule has 0 aliphatic carbocycles. The fourth-order valence-electron chi connectivity index (χ4n) is 1.62. The molecule has 0 aliphatic heterocycles. The van der Waals surface area contributed by atoms with Crippen LogP contribution in [0, 0.1) is 11.3 Å². The van der Waals surface area contributed by atoms with Gasteiger partial charge in [0.25, 0.3) is 5.89 Å². The van der Waals surface area contributed by atoms with Gasteiger partial charge in [0.15, 0.2) is 11.4 Å².